The molecular weight excluding hydrogens is 128 g/mol. The molecule has 0 bridgehead atoms. The van der Waals surface area contributed by atoms with E-state index in [9.17, 15) is 4.79 Å². The molecule has 0 heterocycles. The van der Waals surface area contributed by atoms with Crippen molar-refractivity contribution < 1.29 is 9.90 Å². The summed E-state index contributed by atoms with van der Waals surface area (Å²) in [6.45, 7) is 9.78. The molecule has 0 amide bonds. The number of hydrogen-bond acceptors (Lipinski definition) is 1. The van der Waals surface area contributed by atoms with Crippen LogP contribution < -0.4 is 0 Å². The van der Waals surface area contributed by atoms with Gasteiger partial charge in [0, 0.05) is 5.57 Å². The van der Waals surface area contributed by atoms with Crippen molar-refractivity contribution in [3.8, 4) is 0 Å². The Hall–Kier alpha value is -1.27. The number of hydrogen-bond donors (Lipinski definition) is 1. The largest absolute Gasteiger partial charge is 0.478 e. The van der Waals surface area contributed by atoms with Crippen LogP contribution in [0.1, 0.15) is 13.8 Å². The number of carboxylic acid groups (broad SMARTS) is 1. The second-order valence-electron chi connectivity index (χ2n) is 1.58. The zero-order valence-electron chi connectivity index (χ0n) is 6.35. The standard InChI is InChI=1S/C4H6O2.C4H6/c1-3(2)4(5)6;1-3-4-2/h1H2,2H3,(H,5,6);4H,1H2,2H3. The van der Waals surface area contributed by atoms with E-state index in [0.29, 0.717) is 0 Å². The molecule has 56 valence electrons. The number of allylic oxidation sites excluding steroid dienone is 1. The van der Waals surface area contributed by atoms with Gasteiger partial charge in [-0.05, 0) is 19.9 Å². The number of aliphatic carboxylic acids is 1. The molecule has 0 rings (SSSR count). The highest BCUT2D eigenvalue weighted by Gasteiger charge is 1.90. The molecule has 0 aromatic carbocycles. The van der Waals surface area contributed by atoms with E-state index in [1.165, 1.54) is 6.92 Å². The Balaban J connectivity index is 0. The van der Waals surface area contributed by atoms with Gasteiger partial charge in [0.05, 0.1) is 0 Å². The minimum Gasteiger partial charge on any atom is -0.478 e. The molecule has 0 saturated heterocycles. The van der Waals surface area contributed by atoms with Crippen molar-refractivity contribution in [2.75, 3.05) is 0 Å². The van der Waals surface area contributed by atoms with Gasteiger partial charge in [-0.15, -0.1) is 5.73 Å². The first kappa shape index (κ1) is 11.5. The first-order valence-corrected chi connectivity index (χ1v) is 2.75. The summed E-state index contributed by atoms with van der Waals surface area (Å²) in [5.74, 6) is -0.935. The third-order valence-electron chi connectivity index (χ3n) is 0.569. The molecule has 0 fully saturated rings. The highest BCUT2D eigenvalue weighted by atomic mass is 16.4. The van der Waals surface area contributed by atoms with Gasteiger partial charge >= 0.3 is 5.97 Å². The molecule has 0 radical (unpaired) electrons. The average Bonchev–Trinajstić information content (AvgIpc) is 1.89. The van der Waals surface area contributed by atoms with Crippen LogP contribution in [0.2, 0.25) is 0 Å². The van der Waals surface area contributed by atoms with E-state index >= 15 is 0 Å². The van der Waals surface area contributed by atoms with Crippen LogP contribution in [0.3, 0.4) is 0 Å². The lowest BCUT2D eigenvalue weighted by atomic mass is 10.4. The van der Waals surface area contributed by atoms with Crippen molar-refractivity contribution in [2.45, 2.75) is 13.8 Å². The molecule has 0 aliphatic rings. The summed E-state index contributed by atoms with van der Waals surface area (Å²) < 4.78 is 0. The molecule has 0 aromatic heterocycles. The summed E-state index contributed by atoms with van der Waals surface area (Å²) >= 11 is 0. The van der Waals surface area contributed by atoms with Crippen molar-refractivity contribution in [3.63, 3.8) is 0 Å². The topological polar surface area (TPSA) is 37.3 Å². The predicted octanol–water partition coefficient (Wildman–Crippen LogP) is 1.99. The fourth-order valence-corrected chi connectivity index (χ4v) is 0. The quantitative estimate of drug-likeness (QED) is 0.446. The zero-order chi connectivity index (χ0) is 8.57. The van der Waals surface area contributed by atoms with Crippen LogP contribution in [0.4, 0.5) is 0 Å². The second-order valence-corrected chi connectivity index (χ2v) is 1.58. The maximum absolute atomic E-state index is 9.60. The fraction of sp³-hybridized carbons (Fsp3) is 0.250. The Morgan fingerprint density at radius 1 is 1.70 bits per heavy atom. The summed E-state index contributed by atoms with van der Waals surface area (Å²) in [5, 5.41) is 7.89. The molecular formula is C8H12O2. The van der Waals surface area contributed by atoms with Gasteiger partial charge in [0.2, 0.25) is 0 Å². The predicted molar refractivity (Wildman–Crippen MR) is 41.8 cm³/mol. The van der Waals surface area contributed by atoms with Gasteiger partial charge < -0.3 is 5.11 Å². The number of rotatable bonds is 1. The highest BCUT2D eigenvalue weighted by molar-refractivity contribution is 5.84. The number of carbonyl (C=O) groups is 1. The molecule has 0 aromatic rings. The van der Waals surface area contributed by atoms with Gasteiger partial charge in [0.1, 0.15) is 0 Å². The van der Waals surface area contributed by atoms with E-state index in [-0.39, 0.29) is 5.57 Å². The van der Waals surface area contributed by atoms with Gasteiger partial charge in [0.15, 0.2) is 0 Å². The van der Waals surface area contributed by atoms with Gasteiger partial charge in [-0.2, -0.15) is 0 Å². The molecule has 0 spiro atoms. The first-order chi connectivity index (χ1) is 4.56. The number of carboxylic acids is 1. The zero-order valence-corrected chi connectivity index (χ0v) is 6.35. The normalized spacial score (nSPS) is 6.20. The molecule has 1 N–H and O–H groups in total. The van der Waals surface area contributed by atoms with Gasteiger partial charge in [-0.25, -0.2) is 4.79 Å². The molecule has 0 aliphatic heterocycles. The van der Waals surface area contributed by atoms with Gasteiger partial charge in [0.25, 0.3) is 0 Å². The van der Waals surface area contributed by atoms with E-state index in [1.54, 1.807) is 6.08 Å². The van der Waals surface area contributed by atoms with Crippen LogP contribution >= 0.6 is 0 Å². The summed E-state index contributed by atoms with van der Waals surface area (Å²) in [6, 6.07) is 0. The minimum absolute atomic E-state index is 0.176. The molecule has 2 heteroatoms. The lowest BCUT2D eigenvalue weighted by molar-refractivity contribution is -0.132. The molecule has 10 heavy (non-hydrogen) atoms. The third kappa shape index (κ3) is 15.9. The molecule has 0 unspecified atom stereocenters. The average molecular weight is 140 g/mol. The maximum Gasteiger partial charge on any atom is 0.330 e. The van der Waals surface area contributed by atoms with Crippen LogP contribution in [0, 0.1) is 0 Å². The fourth-order valence-electron chi connectivity index (χ4n) is 0. The van der Waals surface area contributed by atoms with Crippen LogP contribution in [0.5, 0.6) is 0 Å². The monoisotopic (exact) mass is 140 g/mol. The van der Waals surface area contributed by atoms with Crippen molar-refractivity contribution in [1.29, 1.82) is 0 Å². The smallest absolute Gasteiger partial charge is 0.330 e. The summed E-state index contributed by atoms with van der Waals surface area (Å²) in [6.07, 6.45) is 1.76. The van der Waals surface area contributed by atoms with E-state index in [4.69, 9.17) is 5.11 Å². The van der Waals surface area contributed by atoms with Gasteiger partial charge in [-0.3, -0.25) is 0 Å². The van der Waals surface area contributed by atoms with Crippen LogP contribution in [-0.2, 0) is 4.79 Å². The molecule has 2 nitrogen and oxygen atoms in total. The lowest BCUT2D eigenvalue weighted by Gasteiger charge is -1.79. The highest BCUT2D eigenvalue weighted by Crippen LogP contribution is 1.81. The van der Waals surface area contributed by atoms with E-state index in [1.807, 2.05) is 6.92 Å². The SMILES string of the molecule is C=C(C)C(=O)O.C=C=CC. The van der Waals surface area contributed by atoms with E-state index in [2.05, 4.69) is 18.9 Å². The molecule has 0 aliphatic carbocycles. The summed E-state index contributed by atoms with van der Waals surface area (Å²) in [4.78, 5) is 9.60. The van der Waals surface area contributed by atoms with Crippen molar-refractivity contribution >= 4 is 5.97 Å². The Morgan fingerprint density at radius 3 is 1.90 bits per heavy atom. The van der Waals surface area contributed by atoms with Crippen LogP contribution in [0.15, 0.2) is 30.5 Å². The van der Waals surface area contributed by atoms with Crippen molar-refractivity contribution in [2.24, 2.45) is 0 Å². The minimum atomic E-state index is -0.935. The lowest BCUT2D eigenvalue weighted by Crippen LogP contribution is -1.92. The van der Waals surface area contributed by atoms with Crippen molar-refractivity contribution in [3.05, 3.63) is 30.5 Å². The van der Waals surface area contributed by atoms with Crippen molar-refractivity contribution in [1.82, 2.24) is 0 Å². The molecule has 0 atom stereocenters. The van der Waals surface area contributed by atoms with E-state index < -0.39 is 5.97 Å². The first-order valence-electron chi connectivity index (χ1n) is 2.75. The Morgan fingerprint density at radius 2 is 1.90 bits per heavy atom. The Kier molecular flexibility index (Phi) is 8.90. The third-order valence-corrected chi connectivity index (χ3v) is 0.569. The van der Waals surface area contributed by atoms with Gasteiger partial charge in [-0.1, -0.05) is 13.2 Å². The van der Waals surface area contributed by atoms with Crippen LogP contribution in [0.25, 0.3) is 0 Å². The molecule has 0 saturated carbocycles. The van der Waals surface area contributed by atoms with Crippen LogP contribution in [-0.4, -0.2) is 11.1 Å². The Labute approximate surface area is 61.2 Å². The summed E-state index contributed by atoms with van der Waals surface area (Å²) in [7, 11) is 0. The maximum atomic E-state index is 9.60. The Bertz CT molecular complexity index is 150. The second kappa shape index (κ2) is 7.73. The summed E-state index contributed by atoms with van der Waals surface area (Å²) in [5.41, 5.74) is 2.73. The van der Waals surface area contributed by atoms with E-state index in [0.717, 1.165) is 0 Å².